The van der Waals surface area contributed by atoms with Gasteiger partial charge >= 0.3 is 0 Å². The number of sulfone groups is 1. The number of nitrogens with one attached hydrogen (secondary N) is 2. The van der Waals surface area contributed by atoms with Crippen molar-refractivity contribution in [2.24, 2.45) is 0 Å². The first kappa shape index (κ1) is 16.7. The first-order valence-corrected chi connectivity index (χ1v) is 9.72. The van der Waals surface area contributed by atoms with E-state index in [1.54, 1.807) is 24.3 Å². The average Bonchev–Trinajstić information content (AvgIpc) is 2.87. The molecule has 0 radical (unpaired) electrons. The van der Waals surface area contributed by atoms with Crippen LogP contribution in [0.3, 0.4) is 0 Å². The van der Waals surface area contributed by atoms with Crippen molar-refractivity contribution in [3.8, 4) is 0 Å². The third-order valence-corrected chi connectivity index (χ3v) is 5.24. The lowest BCUT2D eigenvalue weighted by Gasteiger charge is -2.05. The number of carbonyl (C=O) groups is 1. The zero-order valence-electron chi connectivity index (χ0n) is 12.5. The number of fused-ring (bicyclic) bond motifs is 1. The minimum Gasteiger partial charge on any atom is -0.324 e. The van der Waals surface area contributed by atoms with Crippen molar-refractivity contribution in [1.29, 1.82) is 0 Å². The molecule has 0 saturated heterocycles. The van der Waals surface area contributed by atoms with Crippen molar-refractivity contribution < 1.29 is 13.2 Å². The molecule has 0 atom stereocenters. The number of para-hydroxylation sites is 2. The van der Waals surface area contributed by atoms with Gasteiger partial charge in [0.1, 0.15) is 5.75 Å². The maximum atomic E-state index is 12.2. The highest BCUT2D eigenvalue weighted by Gasteiger charge is 2.18. The summed E-state index contributed by atoms with van der Waals surface area (Å²) in [5.41, 5.74) is 2.09. The van der Waals surface area contributed by atoms with Crippen molar-refractivity contribution in [1.82, 2.24) is 9.97 Å². The predicted octanol–water partition coefficient (Wildman–Crippen LogP) is 2.88. The first-order chi connectivity index (χ1) is 11.4. The van der Waals surface area contributed by atoms with E-state index < -0.39 is 21.5 Å². The van der Waals surface area contributed by atoms with Gasteiger partial charge < -0.3 is 4.98 Å². The van der Waals surface area contributed by atoms with E-state index in [4.69, 9.17) is 0 Å². The highest BCUT2D eigenvalue weighted by atomic mass is 79.9. The minimum atomic E-state index is -3.58. The smallest absolute Gasteiger partial charge is 0.241 e. The molecule has 1 amide bonds. The van der Waals surface area contributed by atoms with Crippen LogP contribution in [0.4, 0.5) is 5.95 Å². The van der Waals surface area contributed by atoms with E-state index >= 15 is 0 Å². The standard InChI is InChI=1S/C16H14BrN3O3S/c17-12-5-3-4-11(8-12)9-24(22,23)10-15(21)20-16-18-13-6-1-2-7-14(13)19-16/h1-8H,9-10H2,(H2,18,19,20,21). The van der Waals surface area contributed by atoms with Gasteiger partial charge in [-0.15, -0.1) is 0 Å². The lowest BCUT2D eigenvalue weighted by molar-refractivity contribution is -0.113. The number of H-pyrrole nitrogens is 1. The van der Waals surface area contributed by atoms with Crippen LogP contribution in [0.1, 0.15) is 5.56 Å². The molecule has 2 aromatic carbocycles. The summed E-state index contributed by atoms with van der Waals surface area (Å²) >= 11 is 3.30. The second-order valence-electron chi connectivity index (χ2n) is 5.31. The van der Waals surface area contributed by atoms with Crippen molar-refractivity contribution in [3.63, 3.8) is 0 Å². The van der Waals surface area contributed by atoms with Gasteiger partial charge in [0.25, 0.3) is 0 Å². The molecular weight excluding hydrogens is 394 g/mol. The van der Waals surface area contributed by atoms with Gasteiger partial charge in [0, 0.05) is 4.47 Å². The molecular formula is C16H14BrN3O3S. The van der Waals surface area contributed by atoms with E-state index in [1.807, 2.05) is 24.3 Å². The van der Waals surface area contributed by atoms with Gasteiger partial charge in [-0.05, 0) is 29.8 Å². The van der Waals surface area contributed by atoms with Crippen molar-refractivity contribution in [2.75, 3.05) is 11.1 Å². The summed E-state index contributed by atoms with van der Waals surface area (Å²) in [6, 6.07) is 14.3. The Morgan fingerprint density at radius 3 is 2.71 bits per heavy atom. The van der Waals surface area contributed by atoms with Crippen LogP contribution in [-0.4, -0.2) is 30.0 Å². The quantitative estimate of drug-likeness (QED) is 0.679. The summed E-state index contributed by atoms with van der Waals surface area (Å²) in [5, 5.41) is 2.49. The number of nitrogens with zero attached hydrogens (tertiary/aromatic N) is 1. The van der Waals surface area contributed by atoms with Crippen LogP contribution in [0, 0.1) is 0 Å². The molecule has 0 fully saturated rings. The van der Waals surface area contributed by atoms with Gasteiger partial charge in [-0.3, -0.25) is 10.1 Å². The molecule has 0 spiro atoms. The number of hydrogen-bond acceptors (Lipinski definition) is 4. The van der Waals surface area contributed by atoms with E-state index in [-0.39, 0.29) is 11.7 Å². The Balaban J connectivity index is 1.67. The van der Waals surface area contributed by atoms with Crippen LogP contribution >= 0.6 is 15.9 Å². The van der Waals surface area contributed by atoms with E-state index in [1.165, 1.54) is 0 Å². The summed E-state index contributed by atoms with van der Waals surface area (Å²) in [5.74, 6) is -1.18. The largest absolute Gasteiger partial charge is 0.324 e. The zero-order valence-corrected chi connectivity index (χ0v) is 14.9. The molecule has 3 rings (SSSR count). The van der Waals surface area contributed by atoms with Gasteiger partial charge in [0.15, 0.2) is 9.84 Å². The Hall–Kier alpha value is -2.19. The van der Waals surface area contributed by atoms with Gasteiger partial charge in [-0.1, -0.05) is 40.2 Å². The van der Waals surface area contributed by atoms with Crippen LogP contribution in [0.2, 0.25) is 0 Å². The van der Waals surface area contributed by atoms with Crippen molar-refractivity contribution in [2.45, 2.75) is 5.75 Å². The molecule has 0 aliphatic heterocycles. The van der Waals surface area contributed by atoms with E-state index in [2.05, 4.69) is 31.2 Å². The summed E-state index contributed by atoms with van der Waals surface area (Å²) < 4.78 is 25.1. The van der Waals surface area contributed by atoms with Crippen molar-refractivity contribution >= 4 is 48.7 Å². The molecule has 24 heavy (non-hydrogen) atoms. The summed E-state index contributed by atoms with van der Waals surface area (Å²) in [6.45, 7) is 0. The molecule has 1 aromatic heterocycles. The number of rotatable bonds is 5. The second kappa shape index (κ2) is 6.74. The van der Waals surface area contributed by atoms with Crippen molar-refractivity contribution in [3.05, 3.63) is 58.6 Å². The molecule has 1 heterocycles. The average molecular weight is 408 g/mol. The zero-order chi connectivity index (χ0) is 17.2. The topological polar surface area (TPSA) is 91.9 Å². The predicted molar refractivity (Wildman–Crippen MR) is 96.4 cm³/mol. The molecule has 8 heteroatoms. The molecule has 0 unspecified atom stereocenters. The number of aromatic nitrogens is 2. The second-order valence-corrected chi connectivity index (χ2v) is 8.29. The maximum absolute atomic E-state index is 12.2. The number of benzene rings is 2. The molecule has 6 nitrogen and oxygen atoms in total. The van der Waals surface area contributed by atoms with E-state index in [9.17, 15) is 13.2 Å². The number of amides is 1. The third-order valence-electron chi connectivity index (χ3n) is 3.27. The number of imidazole rings is 1. The van der Waals surface area contributed by atoms with Gasteiger partial charge in [-0.2, -0.15) is 0 Å². The third kappa shape index (κ3) is 4.21. The number of carbonyl (C=O) groups excluding carboxylic acids is 1. The Morgan fingerprint density at radius 2 is 1.96 bits per heavy atom. The van der Waals surface area contributed by atoms with Crippen LogP contribution in [0.25, 0.3) is 11.0 Å². The van der Waals surface area contributed by atoms with Crippen LogP contribution in [0.5, 0.6) is 0 Å². The molecule has 0 saturated carbocycles. The molecule has 0 aliphatic rings. The fourth-order valence-electron chi connectivity index (χ4n) is 2.31. The van der Waals surface area contributed by atoms with E-state index in [0.29, 0.717) is 11.1 Å². The van der Waals surface area contributed by atoms with Crippen LogP contribution in [0.15, 0.2) is 53.0 Å². The minimum absolute atomic E-state index is 0.194. The van der Waals surface area contributed by atoms with Gasteiger partial charge in [0.2, 0.25) is 11.9 Å². The number of anilines is 1. The number of halogens is 1. The Bertz CT molecular complexity index is 965. The van der Waals surface area contributed by atoms with E-state index in [0.717, 1.165) is 9.99 Å². The monoisotopic (exact) mass is 407 g/mol. The molecule has 3 aromatic rings. The van der Waals surface area contributed by atoms with Gasteiger partial charge in [-0.25, -0.2) is 13.4 Å². The number of hydrogen-bond donors (Lipinski definition) is 2. The first-order valence-electron chi connectivity index (χ1n) is 7.11. The lowest BCUT2D eigenvalue weighted by Crippen LogP contribution is -2.24. The molecule has 0 bridgehead atoms. The van der Waals surface area contributed by atoms with Crippen LogP contribution in [-0.2, 0) is 20.4 Å². The molecule has 2 N–H and O–H groups in total. The lowest BCUT2D eigenvalue weighted by atomic mass is 10.2. The normalized spacial score (nSPS) is 11.5. The fraction of sp³-hybridized carbons (Fsp3) is 0.125. The Morgan fingerprint density at radius 1 is 1.17 bits per heavy atom. The highest BCUT2D eigenvalue weighted by molar-refractivity contribution is 9.10. The highest BCUT2D eigenvalue weighted by Crippen LogP contribution is 2.15. The number of aromatic amines is 1. The Kier molecular flexibility index (Phi) is 4.68. The summed E-state index contributed by atoms with van der Waals surface area (Å²) in [7, 11) is -3.58. The molecule has 0 aliphatic carbocycles. The molecule has 124 valence electrons. The summed E-state index contributed by atoms with van der Waals surface area (Å²) in [6.07, 6.45) is 0. The fourth-order valence-corrected chi connectivity index (χ4v) is 4.02. The van der Waals surface area contributed by atoms with Gasteiger partial charge in [0.05, 0.1) is 16.8 Å². The maximum Gasteiger partial charge on any atom is 0.241 e. The summed E-state index contributed by atoms with van der Waals surface area (Å²) in [4.78, 5) is 19.1. The SMILES string of the molecule is O=C(CS(=O)(=O)Cc1cccc(Br)c1)Nc1nc2ccccc2[nH]1. The Labute approximate surface area is 147 Å². The van der Waals surface area contributed by atoms with Crippen LogP contribution < -0.4 is 5.32 Å².